The second-order valence-corrected chi connectivity index (χ2v) is 8.34. The van der Waals surface area contributed by atoms with Gasteiger partial charge in [-0.05, 0) is 46.9 Å². The summed E-state index contributed by atoms with van der Waals surface area (Å²) < 4.78 is 5.55. The molecule has 7 nitrogen and oxygen atoms in total. The van der Waals surface area contributed by atoms with Crippen LogP contribution in [0.15, 0.2) is 72.8 Å². The van der Waals surface area contributed by atoms with E-state index >= 15 is 0 Å². The first-order valence-electron chi connectivity index (χ1n) is 11.0. The van der Waals surface area contributed by atoms with Gasteiger partial charge in [-0.25, -0.2) is 9.59 Å². The van der Waals surface area contributed by atoms with E-state index in [9.17, 15) is 14.4 Å². The summed E-state index contributed by atoms with van der Waals surface area (Å²) in [5, 5.41) is 11.8. The fourth-order valence-electron chi connectivity index (χ4n) is 4.14. The summed E-state index contributed by atoms with van der Waals surface area (Å²) in [6.07, 6.45) is -0.486. The Bertz CT molecular complexity index is 1180. The van der Waals surface area contributed by atoms with Crippen LogP contribution in [-0.2, 0) is 20.7 Å². The van der Waals surface area contributed by atoms with Gasteiger partial charge in [0, 0.05) is 18.7 Å². The van der Waals surface area contributed by atoms with Crippen LogP contribution in [0.4, 0.5) is 10.5 Å². The number of carbonyl (C=O) groups is 3. The zero-order valence-corrected chi connectivity index (χ0v) is 19.0. The van der Waals surface area contributed by atoms with Crippen LogP contribution < -0.4 is 5.32 Å². The summed E-state index contributed by atoms with van der Waals surface area (Å²) in [7, 11) is 1.47. The minimum Gasteiger partial charge on any atom is -0.480 e. The molecular formula is C27H26N2O5. The van der Waals surface area contributed by atoms with E-state index in [1.165, 1.54) is 30.0 Å². The topological polar surface area (TPSA) is 95.9 Å². The second kappa shape index (κ2) is 9.79. The van der Waals surface area contributed by atoms with Gasteiger partial charge in [-0.1, -0.05) is 60.7 Å². The predicted molar refractivity (Wildman–Crippen MR) is 129 cm³/mol. The molecule has 1 atom stereocenters. The van der Waals surface area contributed by atoms with Crippen LogP contribution in [0.5, 0.6) is 0 Å². The van der Waals surface area contributed by atoms with Crippen molar-refractivity contribution in [2.75, 3.05) is 19.0 Å². The van der Waals surface area contributed by atoms with Crippen molar-refractivity contribution in [3.63, 3.8) is 0 Å². The maximum atomic E-state index is 12.4. The van der Waals surface area contributed by atoms with Crippen LogP contribution in [0.1, 0.15) is 29.5 Å². The van der Waals surface area contributed by atoms with Gasteiger partial charge in [-0.15, -0.1) is 0 Å². The molecule has 3 aromatic carbocycles. The largest absolute Gasteiger partial charge is 0.480 e. The highest BCUT2D eigenvalue weighted by Gasteiger charge is 2.29. The first-order valence-corrected chi connectivity index (χ1v) is 11.0. The van der Waals surface area contributed by atoms with Crippen molar-refractivity contribution in [2.45, 2.75) is 25.3 Å². The molecule has 2 N–H and O–H groups in total. The highest BCUT2D eigenvalue weighted by molar-refractivity contribution is 5.86. The van der Waals surface area contributed by atoms with Crippen molar-refractivity contribution in [2.24, 2.45) is 0 Å². The van der Waals surface area contributed by atoms with Crippen LogP contribution in [0, 0.1) is 0 Å². The Labute approximate surface area is 198 Å². The van der Waals surface area contributed by atoms with Gasteiger partial charge in [0.05, 0.1) is 6.42 Å². The van der Waals surface area contributed by atoms with Crippen LogP contribution in [0.25, 0.3) is 11.1 Å². The normalized spacial score (nSPS) is 12.9. The summed E-state index contributed by atoms with van der Waals surface area (Å²) in [5.74, 6) is -1.37. The fraction of sp³-hybridized carbons (Fsp3) is 0.222. The van der Waals surface area contributed by atoms with E-state index in [0.717, 1.165) is 11.1 Å². The van der Waals surface area contributed by atoms with Gasteiger partial charge in [-0.3, -0.25) is 10.1 Å². The summed E-state index contributed by atoms with van der Waals surface area (Å²) in [6, 6.07) is 22.2. The van der Waals surface area contributed by atoms with E-state index in [0.29, 0.717) is 11.3 Å². The summed E-state index contributed by atoms with van der Waals surface area (Å²) in [5.41, 5.74) is 5.88. The Morgan fingerprint density at radius 2 is 1.50 bits per heavy atom. The van der Waals surface area contributed by atoms with Gasteiger partial charge < -0.3 is 14.7 Å². The standard InChI is InChI=1S/C27H26N2O5/c1-17(26(31)32)29(2)25(30)15-18-11-13-19(14-12-18)28-27(33)34-16-24-22-9-5-3-7-20(22)21-8-4-6-10-23(21)24/h3-14,17,24H,15-16H2,1-2H3,(H,28,33)(H,31,32)/t17-/m0/s1. The lowest BCUT2D eigenvalue weighted by atomic mass is 9.98. The number of rotatable bonds is 7. The maximum Gasteiger partial charge on any atom is 0.411 e. The molecule has 174 valence electrons. The molecule has 2 amide bonds. The predicted octanol–water partition coefficient (Wildman–Crippen LogP) is 4.52. The number of carbonyl (C=O) groups excluding carboxylic acids is 2. The summed E-state index contributed by atoms with van der Waals surface area (Å²) in [6.45, 7) is 1.68. The van der Waals surface area contributed by atoms with E-state index in [-0.39, 0.29) is 24.9 Å². The van der Waals surface area contributed by atoms with Crippen molar-refractivity contribution < 1.29 is 24.2 Å². The van der Waals surface area contributed by atoms with Gasteiger partial charge in [0.1, 0.15) is 12.6 Å². The molecule has 1 aliphatic carbocycles. The van der Waals surface area contributed by atoms with Crippen molar-refractivity contribution >= 4 is 23.7 Å². The van der Waals surface area contributed by atoms with Crippen LogP contribution in [-0.4, -0.2) is 47.7 Å². The van der Waals surface area contributed by atoms with Gasteiger partial charge in [0.25, 0.3) is 0 Å². The zero-order valence-electron chi connectivity index (χ0n) is 19.0. The summed E-state index contributed by atoms with van der Waals surface area (Å²) in [4.78, 5) is 37.0. The first-order chi connectivity index (χ1) is 16.3. The van der Waals surface area contributed by atoms with E-state index in [1.54, 1.807) is 24.3 Å². The van der Waals surface area contributed by atoms with E-state index < -0.39 is 18.1 Å². The van der Waals surface area contributed by atoms with E-state index in [1.807, 2.05) is 24.3 Å². The Morgan fingerprint density at radius 3 is 2.06 bits per heavy atom. The number of carboxylic acids is 1. The molecule has 0 saturated heterocycles. The number of fused-ring (bicyclic) bond motifs is 3. The number of ether oxygens (including phenoxy) is 1. The molecule has 0 heterocycles. The lowest BCUT2D eigenvalue weighted by Crippen LogP contribution is -2.41. The molecule has 7 heteroatoms. The first kappa shape index (κ1) is 23.0. The number of aliphatic carboxylic acids is 1. The Morgan fingerprint density at radius 1 is 0.941 bits per heavy atom. The van der Waals surface area contributed by atoms with E-state index in [4.69, 9.17) is 9.84 Å². The smallest absolute Gasteiger partial charge is 0.411 e. The van der Waals surface area contributed by atoms with Crippen molar-refractivity contribution in [3.05, 3.63) is 89.5 Å². The molecular weight excluding hydrogens is 432 g/mol. The molecule has 0 saturated carbocycles. The molecule has 0 unspecified atom stereocenters. The number of likely N-dealkylation sites (N-methyl/N-ethyl adjacent to an activating group) is 1. The third-order valence-electron chi connectivity index (χ3n) is 6.23. The quantitative estimate of drug-likeness (QED) is 0.543. The van der Waals surface area contributed by atoms with Gasteiger partial charge in [0.15, 0.2) is 0 Å². The molecule has 0 spiro atoms. The van der Waals surface area contributed by atoms with E-state index in [2.05, 4.69) is 29.6 Å². The molecule has 0 fully saturated rings. The van der Waals surface area contributed by atoms with Gasteiger partial charge in [0.2, 0.25) is 5.91 Å². The number of amides is 2. The SMILES string of the molecule is C[C@@H](C(=O)O)N(C)C(=O)Cc1ccc(NC(=O)OCC2c3ccccc3-c3ccccc32)cc1. The Balaban J connectivity index is 1.34. The van der Waals surface area contributed by atoms with Gasteiger partial charge >= 0.3 is 12.1 Å². The molecule has 34 heavy (non-hydrogen) atoms. The average molecular weight is 459 g/mol. The third-order valence-corrected chi connectivity index (χ3v) is 6.23. The average Bonchev–Trinajstić information content (AvgIpc) is 3.16. The van der Waals surface area contributed by atoms with Crippen LogP contribution in [0.2, 0.25) is 0 Å². The highest BCUT2D eigenvalue weighted by Crippen LogP contribution is 2.44. The van der Waals surface area contributed by atoms with Crippen LogP contribution in [0.3, 0.4) is 0 Å². The summed E-state index contributed by atoms with van der Waals surface area (Å²) >= 11 is 0. The van der Waals surface area contributed by atoms with Gasteiger partial charge in [-0.2, -0.15) is 0 Å². The molecule has 0 radical (unpaired) electrons. The lowest BCUT2D eigenvalue weighted by molar-refractivity contribution is -0.147. The minimum atomic E-state index is -1.06. The second-order valence-electron chi connectivity index (χ2n) is 8.34. The van der Waals surface area contributed by atoms with Crippen molar-refractivity contribution in [3.8, 4) is 11.1 Å². The lowest BCUT2D eigenvalue weighted by Gasteiger charge is -2.21. The number of hydrogen-bond donors (Lipinski definition) is 2. The number of hydrogen-bond acceptors (Lipinski definition) is 4. The Hall–Kier alpha value is -4.13. The number of nitrogens with zero attached hydrogens (tertiary/aromatic N) is 1. The maximum absolute atomic E-state index is 12.4. The molecule has 0 aliphatic heterocycles. The molecule has 0 aromatic heterocycles. The highest BCUT2D eigenvalue weighted by atomic mass is 16.5. The number of nitrogens with one attached hydrogen (secondary N) is 1. The number of anilines is 1. The Kier molecular flexibility index (Phi) is 6.63. The molecule has 1 aliphatic rings. The van der Waals surface area contributed by atoms with Crippen molar-refractivity contribution in [1.29, 1.82) is 0 Å². The number of benzene rings is 3. The molecule has 0 bridgehead atoms. The third kappa shape index (κ3) is 4.78. The minimum absolute atomic E-state index is 0.0169. The fourth-order valence-corrected chi connectivity index (χ4v) is 4.14. The number of carboxylic acid groups (broad SMARTS) is 1. The molecule has 4 rings (SSSR count). The van der Waals surface area contributed by atoms with Crippen LogP contribution >= 0.6 is 0 Å². The monoisotopic (exact) mass is 458 g/mol. The molecule has 3 aromatic rings. The van der Waals surface area contributed by atoms with Crippen molar-refractivity contribution in [1.82, 2.24) is 4.90 Å². The zero-order chi connectivity index (χ0) is 24.2.